The number of methoxy groups -OCH3 is 1. The first-order valence-electron chi connectivity index (χ1n) is 14.0. The Morgan fingerprint density at radius 2 is 1.88 bits per heavy atom. The molecule has 0 fully saturated rings. The molecule has 0 aliphatic carbocycles. The maximum Gasteiger partial charge on any atom is 0.332 e. The molecule has 3 aromatic heterocycles. The van der Waals surface area contributed by atoms with Gasteiger partial charge in [0.1, 0.15) is 5.82 Å². The van der Waals surface area contributed by atoms with Gasteiger partial charge in [0.05, 0.1) is 42.0 Å². The summed E-state index contributed by atoms with van der Waals surface area (Å²) in [4.78, 5) is 51.1. The largest absolute Gasteiger partial charge is 0.493 e. The summed E-state index contributed by atoms with van der Waals surface area (Å²) >= 11 is 0. The smallest absolute Gasteiger partial charge is 0.332 e. The van der Waals surface area contributed by atoms with Gasteiger partial charge in [-0.1, -0.05) is 31.0 Å². The van der Waals surface area contributed by atoms with Crippen LogP contribution in [0.4, 0.5) is 0 Å². The van der Waals surface area contributed by atoms with Gasteiger partial charge < -0.3 is 25.9 Å². The van der Waals surface area contributed by atoms with Crippen molar-refractivity contribution >= 4 is 22.7 Å². The van der Waals surface area contributed by atoms with Crippen LogP contribution < -0.4 is 21.5 Å². The van der Waals surface area contributed by atoms with Crippen molar-refractivity contribution in [3.63, 3.8) is 0 Å². The minimum atomic E-state index is -0.483. The molecule has 0 aliphatic rings. The van der Waals surface area contributed by atoms with E-state index in [0.29, 0.717) is 42.3 Å². The highest BCUT2D eigenvalue weighted by Gasteiger charge is 2.20. The van der Waals surface area contributed by atoms with E-state index in [4.69, 9.17) is 10.5 Å². The molecule has 0 radical (unpaired) electrons. The van der Waals surface area contributed by atoms with Crippen LogP contribution in [0.5, 0.6) is 11.8 Å². The number of pyridine rings is 1. The van der Waals surface area contributed by atoms with E-state index in [9.17, 15) is 19.5 Å². The molecular weight excluding hydrogens is 550 g/mol. The number of hydrogen-bond acceptors (Lipinski definition) is 7. The van der Waals surface area contributed by atoms with Gasteiger partial charge in [0.2, 0.25) is 17.7 Å². The number of nitrogens with two attached hydrogens (primary N) is 1. The van der Waals surface area contributed by atoms with Crippen molar-refractivity contribution in [3.05, 3.63) is 88.9 Å². The Hall–Kier alpha value is -5.39. The van der Waals surface area contributed by atoms with Gasteiger partial charge in [-0.15, -0.1) is 0 Å². The highest BCUT2D eigenvalue weighted by molar-refractivity contribution is 5.94. The summed E-state index contributed by atoms with van der Waals surface area (Å²) in [5, 5.41) is 13.5. The third-order valence-corrected chi connectivity index (χ3v) is 7.25. The van der Waals surface area contributed by atoms with Crippen molar-refractivity contribution in [3.8, 4) is 28.7 Å². The summed E-state index contributed by atoms with van der Waals surface area (Å²) in [6, 6.07) is 16.3. The second-order valence-electron chi connectivity index (χ2n) is 10.3. The molecule has 1 atom stereocenters. The number of imidazole rings is 2. The number of rotatable bonds is 13. The summed E-state index contributed by atoms with van der Waals surface area (Å²) in [7, 11) is 1.58. The molecule has 2 aromatic carbocycles. The predicted molar refractivity (Wildman–Crippen MR) is 161 cm³/mol. The van der Waals surface area contributed by atoms with E-state index in [0.717, 1.165) is 41.4 Å². The molecule has 6 N–H and O–H groups in total. The summed E-state index contributed by atoms with van der Waals surface area (Å²) in [6.45, 7) is 0.321. The predicted octanol–water partition coefficient (Wildman–Crippen LogP) is 3.77. The Kier molecular flexibility index (Phi) is 8.85. The number of unbranched alkanes of at least 4 members (excludes halogenated alkanes) is 2. The lowest BCUT2D eigenvalue weighted by Crippen LogP contribution is -2.29. The van der Waals surface area contributed by atoms with Crippen LogP contribution in [0.3, 0.4) is 0 Å². The number of ether oxygens (including phenoxy) is 1. The van der Waals surface area contributed by atoms with Gasteiger partial charge in [-0.2, -0.15) is 0 Å². The minimum absolute atomic E-state index is 0.133. The Balaban J connectivity index is 1.32. The summed E-state index contributed by atoms with van der Waals surface area (Å²) in [6.07, 6.45) is 6.41. The zero-order chi connectivity index (χ0) is 30.3. The van der Waals surface area contributed by atoms with Crippen molar-refractivity contribution in [1.29, 1.82) is 0 Å². The number of benzene rings is 2. The number of H-pyrrole nitrogens is 2. The van der Waals surface area contributed by atoms with Crippen molar-refractivity contribution in [2.75, 3.05) is 13.7 Å². The molecule has 12 heteroatoms. The number of para-hydroxylation sites is 1. The summed E-state index contributed by atoms with van der Waals surface area (Å²) in [5.41, 5.74) is 8.08. The van der Waals surface area contributed by atoms with Gasteiger partial charge in [-0.3, -0.25) is 19.1 Å². The number of amides is 2. The van der Waals surface area contributed by atoms with Crippen molar-refractivity contribution < 1.29 is 19.4 Å². The van der Waals surface area contributed by atoms with Gasteiger partial charge >= 0.3 is 5.69 Å². The molecule has 5 aromatic rings. The number of nitrogens with one attached hydrogen (secondary N) is 3. The van der Waals surface area contributed by atoms with E-state index in [1.807, 2.05) is 30.3 Å². The molecule has 222 valence electrons. The molecule has 12 nitrogen and oxygen atoms in total. The van der Waals surface area contributed by atoms with Gasteiger partial charge in [0.15, 0.2) is 0 Å². The monoisotopic (exact) mass is 583 g/mol. The highest BCUT2D eigenvalue weighted by atomic mass is 16.5. The van der Waals surface area contributed by atoms with E-state index in [1.54, 1.807) is 37.6 Å². The number of aromatic amines is 2. The maximum absolute atomic E-state index is 13.1. The fourth-order valence-corrected chi connectivity index (χ4v) is 5.00. The summed E-state index contributed by atoms with van der Waals surface area (Å²) < 4.78 is 6.82. The van der Waals surface area contributed by atoms with Crippen LogP contribution in [-0.2, 0) is 4.79 Å². The lowest BCUT2D eigenvalue weighted by atomic mass is 9.99. The summed E-state index contributed by atoms with van der Waals surface area (Å²) in [5.74, 6) is 0.215. The first-order chi connectivity index (χ1) is 20.8. The van der Waals surface area contributed by atoms with Crippen LogP contribution in [0.25, 0.3) is 27.8 Å². The van der Waals surface area contributed by atoms with E-state index >= 15 is 0 Å². The number of fused-ring (bicyclic) bond motifs is 1. The zero-order valence-electron chi connectivity index (χ0n) is 23.7. The van der Waals surface area contributed by atoms with Crippen molar-refractivity contribution in [2.45, 2.75) is 38.0 Å². The second kappa shape index (κ2) is 13.1. The van der Waals surface area contributed by atoms with E-state index in [1.165, 1.54) is 10.8 Å². The Morgan fingerprint density at radius 3 is 2.60 bits per heavy atom. The van der Waals surface area contributed by atoms with Gasteiger partial charge in [-0.25, -0.2) is 14.8 Å². The zero-order valence-corrected chi connectivity index (χ0v) is 23.7. The maximum atomic E-state index is 13.1. The lowest BCUT2D eigenvalue weighted by Gasteiger charge is -2.16. The number of hydrogen-bond donors (Lipinski definition) is 5. The van der Waals surface area contributed by atoms with Crippen LogP contribution >= 0.6 is 0 Å². The van der Waals surface area contributed by atoms with Gasteiger partial charge in [0, 0.05) is 29.8 Å². The molecule has 43 heavy (non-hydrogen) atoms. The van der Waals surface area contributed by atoms with Crippen LogP contribution in [-0.4, -0.2) is 55.1 Å². The minimum Gasteiger partial charge on any atom is -0.493 e. The molecule has 5 rings (SSSR count). The van der Waals surface area contributed by atoms with Crippen LogP contribution in [0.1, 0.15) is 54.2 Å². The molecule has 0 saturated heterocycles. The number of carbonyl (C=O) groups excluding carboxylic acids is 2. The fourth-order valence-electron chi connectivity index (χ4n) is 5.00. The SMILES string of the molecule is COc1nc2ccccc2cc1-c1cnc(C(CCCCCC(N)=O)CNC(=O)c2ccc(-n3cc(O)[nH]c3=O)cc2)[nH]1. The average Bonchev–Trinajstić information content (AvgIpc) is 3.63. The normalized spacial score (nSPS) is 11.8. The van der Waals surface area contributed by atoms with Crippen molar-refractivity contribution in [1.82, 2.24) is 29.8 Å². The number of primary amides is 1. The van der Waals surface area contributed by atoms with E-state index in [2.05, 4.69) is 25.3 Å². The van der Waals surface area contributed by atoms with Crippen molar-refractivity contribution in [2.24, 2.45) is 5.73 Å². The molecule has 0 bridgehead atoms. The standard InChI is InChI=1S/C31H33N7O5/c1-43-30-23(15-20-7-5-6-9-24(20)36-30)25-17-33-28(35-25)21(8-3-2-4-10-26(32)39)16-34-29(41)19-11-13-22(14-12-19)38-18-27(40)37-31(38)42/h5-7,9,11-15,17-18,21,40H,2-4,8,10,16H2,1H3,(H2,32,39)(H,33,35)(H,34,41)(H,37,42). The quantitative estimate of drug-likeness (QED) is 0.131. The molecular formula is C31H33N7O5. The lowest BCUT2D eigenvalue weighted by molar-refractivity contribution is -0.118. The van der Waals surface area contributed by atoms with Gasteiger partial charge in [0.25, 0.3) is 5.91 Å². The third-order valence-electron chi connectivity index (χ3n) is 7.25. The second-order valence-corrected chi connectivity index (χ2v) is 10.3. The Morgan fingerprint density at radius 1 is 1.09 bits per heavy atom. The van der Waals surface area contributed by atoms with Crippen LogP contribution in [0.2, 0.25) is 0 Å². The third kappa shape index (κ3) is 6.92. The van der Waals surface area contributed by atoms with Crippen LogP contribution in [0, 0.1) is 0 Å². The number of aromatic hydroxyl groups is 1. The van der Waals surface area contributed by atoms with E-state index < -0.39 is 5.69 Å². The topological polar surface area (TPSA) is 181 Å². The highest BCUT2D eigenvalue weighted by Crippen LogP contribution is 2.32. The van der Waals surface area contributed by atoms with Gasteiger partial charge in [-0.05, 0) is 49.2 Å². The molecule has 0 saturated carbocycles. The number of nitrogens with zero attached hydrogens (tertiary/aromatic N) is 3. The Labute approximate surface area is 247 Å². The average molecular weight is 584 g/mol. The molecule has 0 aliphatic heterocycles. The van der Waals surface area contributed by atoms with Crippen LogP contribution in [0.15, 0.2) is 71.8 Å². The number of carbonyl (C=O) groups is 2. The Bertz CT molecular complexity index is 1790. The number of aromatic nitrogens is 5. The molecule has 2 amide bonds. The molecule has 1 unspecified atom stereocenters. The van der Waals surface area contributed by atoms with E-state index in [-0.39, 0.29) is 23.6 Å². The fraction of sp³-hybridized carbons (Fsp3) is 0.258. The molecule has 0 spiro atoms. The molecule has 3 heterocycles. The first-order valence-corrected chi connectivity index (χ1v) is 14.0. The first kappa shape index (κ1) is 29.1.